The van der Waals surface area contributed by atoms with Crippen molar-refractivity contribution in [1.82, 2.24) is 0 Å². The maximum Gasteiger partial charge on any atom is 0.343 e. The molecule has 0 spiro atoms. The quantitative estimate of drug-likeness (QED) is 0.317. The fourth-order valence-corrected chi connectivity index (χ4v) is 3.50. The van der Waals surface area contributed by atoms with Crippen LogP contribution in [-0.4, -0.2) is 31.6 Å². The molecule has 168 valence electrons. The molecule has 0 radical (unpaired) electrons. The summed E-state index contributed by atoms with van der Waals surface area (Å²) >= 11 is 0. The molecule has 1 aliphatic heterocycles. The van der Waals surface area contributed by atoms with Crippen LogP contribution in [0.25, 0.3) is 6.08 Å². The minimum absolute atomic E-state index is 0.0179. The number of rotatable bonds is 6. The van der Waals surface area contributed by atoms with Crippen molar-refractivity contribution in [2.24, 2.45) is 0 Å². The maximum atomic E-state index is 13.5. The molecule has 4 rings (SSSR count). The topological polar surface area (TPSA) is 76.2 Å². The predicted octanol–water partition coefficient (Wildman–Crippen LogP) is 4.29. The summed E-state index contributed by atoms with van der Waals surface area (Å²) in [5, 5.41) is 0. The lowest BCUT2D eigenvalue weighted by Gasteiger charge is -2.34. The molecule has 0 aliphatic carbocycles. The van der Waals surface area contributed by atoms with Gasteiger partial charge in [0.15, 0.2) is 0 Å². The summed E-state index contributed by atoms with van der Waals surface area (Å²) in [6.45, 7) is -0.0179. The average Bonchev–Trinajstić information content (AvgIpc) is 2.87. The second-order valence-corrected chi connectivity index (χ2v) is 7.19. The summed E-state index contributed by atoms with van der Waals surface area (Å²) in [5.41, 5.74) is 0.914. The molecule has 4 amide bonds. The van der Waals surface area contributed by atoms with E-state index in [1.165, 1.54) is 13.2 Å². The third kappa shape index (κ3) is 4.25. The van der Waals surface area contributed by atoms with Gasteiger partial charge in [0.2, 0.25) is 0 Å². The normalized spacial score (nSPS) is 13.5. The van der Waals surface area contributed by atoms with Gasteiger partial charge in [-0.1, -0.05) is 42.3 Å². The van der Waals surface area contributed by atoms with Gasteiger partial charge < -0.3 is 9.47 Å². The number of anilines is 2. The monoisotopic (exact) mass is 452 g/mol. The summed E-state index contributed by atoms with van der Waals surface area (Å²) in [4.78, 5) is 42.2. The van der Waals surface area contributed by atoms with Crippen LogP contribution < -0.4 is 19.3 Å². The van der Waals surface area contributed by atoms with Gasteiger partial charge in [0.25, 0.3) is 11.8 Å². The molecule has 0 aromatic heterocycles. The van der Waals surface area contributed by atoms with E-state index in [-0.39, 0.29) is 12.2 Å². The fourth-order valence-electron chi connectivity index (χ4n) is 3.50. The van der Waals surface area contributed by atoms with Gasteiger partial charge in [0, 0.05) is 11.6 Å². The molecule has 0 unspecified atom stereocenters. The van der Waals surface area contributed by atoms with E-state index in [2.05, 4.69) is 5.92 Å². The molecule has 0 atom stereocenters. The smallest absolute Gasteiger partial charge is 0.343 e. The summed E-state index contributed by atoms with van der Waals surface area (Å²) in [5.74, 6) is 1.75. The van der Waals surface area contributed by atoms with Crippen LogP contribution in [0.2, 0.25) is 0 Å². The molecule has 1 fully saturated rings. The molecular formula is C27H20N2O5. The molecule has 7 heteroatoms. The number of barbiturate groups is 1. The van der Waals surface area contributed by atoms with Crippen molar-refractivity contribution >= 4 is 35.3 Å². The number of urea groups is 1. The first-order valence-electron chi connectivity index (χ1n) is 10.3. The van der Waals surface area contributed by atoms with Crippen LogP contribution in [0.3, 0.4) is 0 Å². The molecule has 0 N–H and O–H groups in total. The summed E-state index contributed by atoms with van der Waals surface area (Å²) in [6.07, 6.45) is 6.72. The number of ether oxygens (including phenoxy) is 2. The van der Waals surface area contributed by atoms with Crippen LogP contribution >= 0.6 is 0 Å². The number of carbonyl (C=O) groups excluding carboxylic acids is 3. The van der Waals surface area contributed by atoms with Gasteiger partial charge in [-0.15, -0.1) is 6.42 Å². The first-order valence-corrected chi connectivity index (χ1v) is 10.3. The number of hydrogen-bond acceptors (Lipinski definition) is 5. The zero-order chi connectivity index (χ0) is 24.1. The number of carbonyl (C=O) groups is 3. The second kappa shape index (κ2) is 9.76. The highest BCUT2D eigenvalue weighted by molar-refractivity contribution is 6.46. The van der Waals surface area contributed by atoms with Crippen LogP contribution in [0.5, 0.6) is 11.5 Å². The zero-order valence-corrected chi connectivity index (χ0v) is 18.3. The van der Waals surface area contributed by atoms with Crippen molar-refractivity contribution in [3.8, 4) is 23.8 Å². The predicted molar refractivity (Wildman–Crippen MR) is 129 cm³/mol. The Labute approximate surface area is 196 Å². The Morgan fingerprint density at radius 2 is 1.41 bits per heavy atom. The van der Waals surface area contributed by atoms with Crippen LogP contribution in [-0.2, 0) is 9.59 Å². The Bertz CT molecular complexity index is 1250. The van der Waals surface area contributed by atoms with Gasteiger partial charge in [-0.25, -0.2) is 14.6 Å². The molecular weight excluding hydrogens is 432 g/mol. The summed E-state index contributed by atoms with van der Waals surface area (Å²) in [6, 6.07) is 21.0. The van der Waals surface area contributed by atoms with E-state index in [9.17, 15) is 14.4 Å². The maximum absolute atomic E-state index is 13.5. The van der Waals surface area contributed by atoms with E-state index < -0.39 is 17.8 Å². The number of benzene rings is 3. The van der Waals surface area contributed by atoms with Gasteiger partial charge in [-0.2, -0.15) is 0 Å². The second-order valence-electron chi connectivity index (χ2n) is 7.19. The zero-order valence-electron chi connectivity index (χ0n) is 18.3. The fraction of sp³-hybridized carbons (Fsp3) is 0.0741. The summed E-state index contributed by atoms with van der Waals surface area (Å²) in [7, 11) is 1.51. The number of methoxy groups -OCH3 is 1. The third-order valence-corrected chi connectivity index (χ3v) is 5.11. The van der Waals surface area contributed by atoms with Crippen molar-refractivity contribution in [1.29, 1.82) is 0 Å². The van der Waals surface area contributed by atoms with Gasteiger partial charge >= 0.3 is 6.03 Å². The molecule has 3 aromatic carbocycles. The Kier molecular flexibility index (Phi) is 6.42. The lowest BCUT2D eigenvalue weighted by Crippen LogP contribution is -2.57. The lowest BCUT2D eigenvalue weighted by atomic mass is 10.0. The van der Waals surface area contributed by atoms with Gasteiger partial charge in [-0.3, -0.25) is 9.59 Å². The molecule has 1 aliphatic rings. The lowest BCUT2D eigenvalue weighted by molar-refractivity contribution is -0.121. The molecule has 3 aromatic rings. The SMILES string of the molecule is C#CCOc1cc(OC)ccc1C=C1C(=O)N(c2ccccc2)C(=O)N(c2ccccc2)C1=O. The van der Waals surface area contributed by atoms with Crippen molar-refractivity contribution in [2.45, 2.75) is 0 Å². The van der Waals surface area contributed by atoms with E-state index in [4.69, 9.17) is 15.9 Å². The Morgan fingerprint density at radius 1 is 0.853 bits per heavy atom. The highest BCUT2D eigenvalue weighted by atomic mass is 16.5. The van der Waals surface area contributed by atoms with Gasteiger partial charge in [0.1, 0.15) is 23.7 Å². The van der Waals surface area contributed by atoms with Gasteiger partial charge in [-0.05, 0) is 42.5 Å². The average molecular weight is 452 g/mol. The number of nitrogens with zero attached hydrogens (tertiary/aromatic N) is 2. The van der Waals surface area contributed by atoms with Crippen LogP contribution in [0.4, 0.5) is 16.2 Å². The van der Waals surface area contributed by atoms with Crippen LogP contribution in [0.15, 0.2) is 84.4 Å². The van der Waals surface area contributed by atoms with Crippen LogP contribution in [0.1, 0.15) is 5.56 Å². The minimum atomic E-state index is -0.761. The number of amides is 4. The summed E-state index contributed by atoms with van der Waals surface area (Å²) < 4.78 is 10.8. The number of imide groups is 2. The number of hydrogen-bond donors (Lipinski definition) is 0. The third-order valence-electron chi connectivity index (χ3n) is 5.11. The molecule has 34 heavy (non-hydrogen) atoms. The largest absolute Gasteiger partial charge is 0.497 e. The first-order chi connectivity index (χ1) is 16.5. The highest BCUT2D eigenvalue weighted by Gasteiger charge is 2.43. The Hall–Kier alpha value is -4.83. The molecule has 1 saturated heterocycles. The van der Waals surface area contributed by atoms with Gasteiger partial charge in [0.05, 0.1) is 18.5 Å². The standard InChI is InChI=1S/C27H20N2O5/c1-3-16-34-24-18-22(33-2)15-14-19(24)17-23-25(30)28(20-10-6-4-7-11-20)27(32)29(26(23)31)21-12-8-5-9-13-21/h1,4-15,17-18H,16H2,2H3. The number of terminal acetylenes is 1. The van der Waals surface area contributed by atoms with Crippen molar-refractivity contribution in [3.63, 3.8) is 0 Å². The van der Waals surface area contributed by atoms with E-state index in [1.54, 1.807) is 78.9 Å². The highest BCUT2D eigenvalue weighted by Crippen LogP contribution is 2.32. The van der Waals surface area contributed by atoms with Crippen molar-refractivity contribution < 1.29 is 23.9 Å². The van der Waals surface area contributed by atoms with E-state index in [0.717, 1.165) is 9.80 Å². The van der Waals surface area contributed by atoms with Crippen LogP contribution in [0, 0.1) is 12.3 Å². The molecule has 7 nitrogen and oxygen atoms in total. The molecule has 0 saturated carbocycles. The van der Waals surface area contributed by atoms with E-state index in [1.807, 2.05) is 0 Å². The first kappa shape index (κ1) is 22.4. The molecule has 1 heterocycles. The van der Waals surface area contributed by atoms with E-state index >= 15 is 0 Å². The molecule has 0 bridgehead atoms. The van der Waals surface area contributed by atoms with Crippen molar-refractivity contribution in [3.05, 3.63) is 90.0 Å². The number of para-hydroxylation sites is 2. The van der Waals surface area contributed by atoms with E-state index in [0.29, 0.717) is 28.4 Å². The Morgan fingerprint density at radius 3 is 1.91 bits per heavy atom. The van der Waals surface area contributed by atoms with Crippen molar-refractivity contribution in [2.75, 3.05) is 23.5 Å². The Balaban J connectivity index is 1.87. The minimum Gasteiger partial charge on any atom is -0.497 e.